The highest BCUT2D eigenvalue weighted by Gasteiger charge is 2.10. The summed E-state index contributed by atoms with van der Waals surface area (Å²) in [6.45, 7) is 6.55. The van der Waals surface area contributed by atoms with Crippen molar-refractivity contribution in [3.8, 4) is 17.0 Å². The van der Waals surface area contributed by atoms with Gasteiger partial charge >= 0.3 is 0 Å². The van der Waals surface area contributed by atoms with Crippen LogP contribution in [0.4, 0.5) is 0 Å². The van der Waals surface area contributed by atoms with Crippen LogP contribution in [-0.4, -0.2) is 22.9 Å². The average molecular weight is 259 g/mol. The van der Waals surface area contributed by atoms with Crippen molar-refractivity contribution in [1.82, 2.24) is 15.1 Å². The fourth-order valence-electron chi connectivity index (χ4n) is 2.07. The quantitative estimate of drug-likeness (QED) is 0.866. The van der Waals surface area contributed by atoms with E-state index in [1.54, 1.807) is 0 Å². The molecule has 0 radical (unpaired) electrons. The second kappa shape index (κ2) is 6.38. The van der Waals surface area contributed by atoms with Crippen LogP contribution in [0.5, 0.6) is 5.75 Å². The molecule has 0 unspecified atom stereocenters. The lowest BCUT2D eigenvalue weighted by Crippen LogP contribution is -2.11. The van der Waals surface area contributed by atoms with Gasteiger partial charge in [0.25, 0.3) is 0 Å². The predicted molar refractivity (Wildman–Crippen MR) is 77.2 cm³/mol. The zero-order chi connectivity index (χ0) is 13.7. The van der Waals surface area contributed by atoms with E-state index in [2.05, 4.69) is 29.6 Å². The first-order chi connectivity index (χ1) is 9.24. The predicted octanol–water partition coefficient (Wildman–Crippen LogP) is 2.60. The molecule has 0 amide bonds. The third kappa shape index (κ3) is 3.35. The number of aryl methyl sites for hydroxylation is 1. The molecule has 19 heavy (non-hydrogen) atoms. The highest BCUT2D eigenvalue weighted by molar-refractivity contribution is 5.64. The van der Waals surface area contributed by atoms with Crippen molar-refractivity contribution in [3.05, 3.63) is 36.0 Å². The number of benzene rings is 1. The maximum absolute atomic E-state index is 5.55. The van der Waals surface area contributed by atoms with Gasteiger partial charge in [-0.1, -0.05) is 19.1 Å². The summed E-state index contributed by atoms with van der Waals surface area (Å²) in [5.41, 5.74) is 3.32. The lowest BCUT2D eigenvalue weighted by molar-refractivity contribution is 0.340. The SMILES string of the molecule is CCNCc1cn(C)nc1-c1cccc(OCC)c1. The van der Waals surface area contributed by atoms with E-state index in [1.165, 1.54) is 5.56 Å². The Morgan fingerprint density at radius 1 is 1.32 bits per heavy atom. The largest absolute Gasteiger partial charge is 0.494 e. The molecule has 0 bridgehead atoms. The van der Waals surface area contributed by atoms with E-state index < -0.39 is 0 Å². The molecule has 0 spiro atoms. The van der Waals surface area contributed by atoms with Crippen molar-refractivity contribution in [2.45, 2.75) is 20.4 Å². The third-order valence-corrected chi connectivity index (χ3v) is 2.89. The number of ether oxygens (including phenoxy) is 1. The van der Waals surface area contributed by atoms with Crippen molar-refractivity contribution in [2.24, 2.45) is 7.05 Å². The first kappa shape index (κ1) is 13.6. The Balaban J connectivity index is 2.32. The molecule has 0 atom stereocenters. The molecule has 2 rings (SSSR count). The second-order valence-corrected chi connectivity index (χ2v) is 4.42. The van der Waals surface area contributed by atoms with Crippen molar-refractivity contribution < 1.29 is 4.74 Å². The first-order valence-corrected chi connectivity index (χ1v) is 6.71. The average Bonchev–Trinajstić information content (AvgIpc) is 2.78. The van der Waals surface area contributed by atoms with E-state index in [0.717, 1.165) is 30.1 Å². The Bertz CT molecular complexity index is 534. The Morgan fingerprint density at radius 3 is 2.89 bits per heavy atom. The van der Waals surface area contributed by atoms with Gasteiger partial charge in [0.2, 0.25) is 0 Å². The molecule has 0 aliphatic carbocycles. The van der Waals surface area contributed by atoms with Gasteiger partial charge in [-0.2, -0.15) is 5.10 Å². The van der Waals surface area contributed by atoms with E-state index in [9.17, 15) is 0 Å². The van der Waals surface area contributed by atoms with Crippen molar-refractivity contribution >= 4 is 0 Å². The molecule has 0 saturated heterocycles. The summed E-state index contributed by atoms with van der Waals surface area (Å²) in [5, 5.41) is 7.90. The fourth-order valence-corrected chi connectivity index (χ4v) is 2.07. The zero-order valence-electron chi connectivity index (χ0n) is 11.8. The van der Waals surface area contributed by atoms with Crippen LogP contribution in [0.1, 0.15) is 19.4 Å². The summed E-state index contributed by atoms with van der Waals surface area (Å²) in [6.07, 6.45) is 2.06. The summed E-state index contributed by atoms with van der Waals surface area (Å²) < 4.78 is 7.40. The maximum Gasteiger partial charge on any atom is 0.119 e. The van der Waals surface area contributed by atoms with Gasteiger partial charge in [-0.15, -0.1) is 0 Å². The van der Waals surface area contributed by atoms with Crippen LogP contribution in [-0.2, 0) is 13.6 Å². The molecule has 0 saturated carbocycles. The van der Waals surface area contributed by atoms with Gasteiger partial charge in [0.1, 0.15) is 5.75 Å². The van der Waals surface area contributed by atoms with Crippen molar-refractivity contribution in [3.63, 3.8) is 0 Å². The number of aromatic nitrogens is 2. The number of hydrogen-bond acceptors (Lipinski definition) is 3. The molecule has 0 fully saturated rings. The van der Waals surface area contributed by atoms with E-state index in [-0.39, 0.29) is 0 Å². The van der Waals surface area contributed by atoms with Crippen LogP contribution < -0.4 is 10.1 Å². The minimum Gasteiger partial charge on any atom is -0.494 e. The van der Waals surface area contributed by atoms with Gasteiger partial charge in [-0.3, -0.25) is 4.68 Å². The number of nitrogens with zero attached hydrogens (tertiary/aromatic N) is 2. The number of nitrogens with one attached hydrogen (secondary N) is 1. The molecule has 2 aromatic rings. The Hall–Kier alpha value is -1.81. The van der Waals surface area contributed by atoms with Gasteiger partial charge in [0, 0.05) is 30.9 Å². The Morgan fingerprint density at radius 2 is 2.16 bits per heavy atom. The molecule has 1 N–H and O–H groups in total. The molecule has 1 aromatic heterocycles. The maximum atomic E-state index is 5.55. The first-order valence-electron chi connectivity index (χ1n) is 6.71. The van der Waals surface area contributed by atoms with Crippen LogP contribution in [0.3, 0.4) is 0 Å². The van der Waals surface area contributed by atoms with Crippen molar-refractivity contribution in [2.75, 3.05) is 13.2 Å². The molecular formula is C15H21N3O. The molecule has 4 nitrogen and oxygen atoms in total. The van der Waals surface area contributed by atoms with Gasteiger partial charge in [-0.25, -0.2) is 0 Å². The highest BCUT2D eigenvalue weighted by atomic mass is 16.5. The smallest absolute Gasteiger partial charge is 0.119 e. The molecule has 0 aliphatic rings. The van der Waals surface area contributed by atoms with Crippen LogP contribution in [0.15, 0.2) is 30.5 Å². The van der Waals surface area contributed by atoms with Crippen LogP contribution >= 0.6 is 0 Å². The lowest BCUT2D eigenvalue weighted by atomic mass is 10.1. The monoisotopic (exact) mass is 259 g/mol. The molecule has 1 aromatic carbocycles. The molecule has 4 heteroatoms. The van der Waals surface area contributed by atoms with E-state index >= 15 is 0 Å². The summed E-state index contributed by atoms with van der Waals surface area (Å²) in [7, 11) is 1.95. The van der Waals surface area contributed by atoms with Gasteiger partial charge in [0.05, 0.1) is 12.3 Å². The van der Waals surface area contributed by atoms with E-state index in [0.29, 0.717) is 6.61 Å². The van der Waals surface area contributed by atoms with Crippen LogP contribution in [0.2, 0.25) is 0 Å². The normalized spacial score (nSPS) is 10.7. The third-order valence-electron chi connectivity index (χ3n) is 2.89. The Labute approximate surface area is 114 Å². The van der Waals surface area contributed by atoms with Crippen LogP contribution in [0.25, 0.3) is 11.3 Å². The van der Waals surface area contributed by atoms with E-state index in [1.807, 2.05) is 36.9 Å². The van der Waals surface area contributed by atoms with Gasteiger partial charge in [0.15, 0.2) is 0 Å². The summed E-state index contributed by atoms with van der Waals surface area (Å²) in [6, 6.07) is 8.09. The van der Waals surface area contributed by atoms with E-state index in [4.69, 9.17) is 4.74 Å². The Kier molecular flexibility index (Phi) is 4.58. The molecule has 102 valence electrons. The van der Waals surface area contributed by atoms with Crippen molar-refractivity contribution in [1.29, 1.82) is 0 Å². The number of hydrogen-bond donors (Lipinski definition) is 1. The topological polar surface area (TPSA) is 39.1 Å². The van der Waals surface area contributed by atoms with Crippen LogP contribution in [0, 0.1) is 0 Å². The summed E-state index contributed by atoms with van der Waals surface area (Å²) in [4.78, 5) is 0. The zero-order valence-corrected chi connectivity index (χ0v) is 11.8. The van der Waals surface area contributed by atoms with Gasteiger partial charge in [-0.05, 0) is 25.6 Å². The number of rotatable bonds is 6. The minimum absolute atomic E-state index is 0.677. The molecule has 1 heterocycles. The second-order valence-electron chi connectivity index (χ2n) is 4.42. The fraction of sp³-hybridized carbons (Fsp3) is 0.400. The molecular weight excluding hydrogens is 238 g/mol. The molecule has 0 aliphatic heterocycles. The highest BCUT2D eigenvalue weighted by Crippen LogP contribution is 2.25. The standard InChI is InChI=1S/C15H21N3O/c1-4-16-10-13-11-18(3)17-15(13)12-7-6-8-14(9-12)19-5-2/h6-9,11,16H,4-5,10H2,1-3H3. The summed E-state index contributed by atoms with van der Waals surface area (Å²) >= 11 is 0. The lowest BCUT2D eigenvalue weighted by Gasteiger charge is -2.06. The van der Waals surface area contributed by atoms with Gasteiger partial charge < -0.3 is 10.1 Å². The summed E-state index contributed by atoms with van der Waals surface area (Å²) in [5.74, 6) is 0.889. The minimum atomic E-state index is 0.677.